The molecule has 0 fully saturated rings. The Morgan fingerprint density at radius 2 is 1.62 bits per heavy atom. The van der Waals surface area contributed by atoms with Crippen LogP contribution < -0.4 is 0 Å². The first-order valence-corrected chi connectivity index (χ1v) is 6.01. The minimum Gasteiger partial charge on any atom is -0.314 e. The average molecular weight is 221 g/mol. The van der Waals surface area contributed by atoms with Crippen molar-refractivity contribution in [2.45, 2.75) is 40.2 Å². The van der Waals surface area contributed by atoms with Gasteiger partial charge in [-0.25, -0.2) is 0 Å². The summed E-state index contributed by atoms with van der Waals surface area (Å²) >= 11 is 0. The molecular formula is C14H23NO. The molecule has 1 aromatic carbocycles. The fourth-order valence-electron chi connectivity index (χ4n) is 1.70. The van der Waals surface area contributed by atoms with Crippen molar-refractivity contribution in [3.8, 4) is 0 Å². The molecule has 0 heterocycles. The van der Waals surface area contributed by atoms with Crippen LogP contribution in [0.1, 0.15) is 44.7 Å². The fourth-order valence-corrected chi connectivity index (χ4v) is 1.70. The van der Waals surface area contributed by atoms with E-state index >= 15 is 0 Å². The SMILES string of the molecule is CC(C)CN(O)Cc1ccc(C(C)C)cc1. The van der Waals surface area contributed by atoms with Crippen LogP contribution in [0.15, 0.2) is 24.3 Å². The zero-order valence-corrected chi connectivity index (χ0v) is 10.8. The summed E-state index contributed by atoms with van der Waals surface area (Å²) in [4.78, 5) is 0. The van der Waals surface area contributed by atoms with Crippen LogP contribution in [-0.4, -0.2) is 16.8 Å². The number of hydroxylamine groups is 2. The van der Waals surface area contributed by atoms with Crippen molar-refractivity contribution in [2.24, 2.45) is 5.92 Å². The van der Waals surface area contributed by atoms with Crippen LogP contribution in [0, 0.1) is 5.92 Å². The van der Waals surface area contributed by atoms with Gasteiger partial charge in [-0.15, -0.1) is 0 Å². The molecule has 2 nitrogen and oxygen atoms in total. The van der Waals surface area contributed by atoms with Gasteiger partial charge in [0.2, 0.25) is 0 Å². The smallest absolute Gasteiger partial charge is 0.0488 e. The van der Waals surface area contributed by atoms with Gasteiger partial charge in [-0.05, 0) is 23.0 Å². The predicted molar refractivity (Wildman–Crippen MR) is 67.6 cm³/mol. The van der Waals surface area contributed by atoms with E-state index in [1.54, 1.807) is 0 Å². The molecule has 0 amide bonds. The van der Waals surface area contributed by atoms with E-state index in [2.05, 4.69) is 52.0 Å². The summed E-state index contributed by atoms with van der Waals surface area (Å²) in [5.74, 6) is 1.05. The highest BCUT2D eigenvalue weighted by atomic mass is 16.5. The highest BCUT2D eigenvalue weighted by Crippen LogP contribution is 2.15. The summed E-state index contributed by atoms with van der Waals surface area (Å²) in [6.45, 7) is 9.90. The molecule has 0 saturated heterocycles. The zero-order chi connectivity index (χ0) is 12.1. The molecule has 0 aliphatic carbocycles. The Bertz CT molecular complexity index is 303. The first-order valence-electron chi connectivity index (χ1n) is 6.01. The molecule has 0 aromatic heterocycles. The highest BCUT2D eigenvalue weighted by Gasteiger charge is 2.05. The lowest BCUT2D eigenvalue weighted by atomic mass is 10.0. The quantitative estimate of drug-likeness (QED) is 0.767. The van der Waals surface area contributed by atoms with Crippen LogP contribution in [0.5, 0.6) is 0 Å². The van der Waals surface area contributed by atoms with E-state index in [1.165, 1.54) is 10.6 Å². The molecule has 1 N–H and O–H groups in total. The second-order valence-corrected chi connectivity index (χ2v) is 5.14. The molecule has 0 aliphatic rings. The minimum absolute atomic E-state index is 0.486. The van der Waals surface area contributed by atoms with Crippen molar-refractivity contribution in [1.82, 2.24) is 5.06 Å². The molecule has 1 aromatic rings. The molecule has 0 spiro atoms. The van der Waals surface area contributed by atoms with Crippen LogP contribution in [0.2, 0.25) is 0 Å². The molecule has 1 rings (SSSR count). The summed E-state index contributed by atoms with van der Waals surface area (Å²) in [5, 5.41) is 11.1. The van der Waals surface area contributed by atoms with Crippen molar-refractivity contribution in [2.75, 3.05) is 6.54 Å². The van der Waals surface area contributed by atoms with Gasteiger partial charge in [-0.2, -0.15) is 5.06 Å². The summed E-state index contributed by atoms with van der Waals surface area (Å²) in [6, 6.07) is 8.48. The first kappa shape index (κ1) is 13.2. The highest BCUT2D eigenvalue weighted by molar-refractivity contribution is 5.24. The number of nitrogens with zero attached hydrogens (tertiary/aromatic N) is 1. The summed E-state index contributed by atoms with van der Waals surface area (Å²) in [6.07, 6.45) is 0. The van der Waals surface area contributed by atoms with E-state index in [1.807, 2.05) is 0 Å². The van der Waals surface area contributed by atoms with Gasteiger partial charge in [0.05, 0.1) is 0 Å². The van der Waals surface area contributed by atoms with Crippen LogP contribution in [-0.2, 0) is 6.54 Å². The fraction of sp³-hybridized carbons (Fsp3) is 0.571. The summed E-state index contributed by atoms with van der Waals surface area (Å²) in [7, 11) is 0. The maximum atomic E-state index is 9.68. The lowest BCUT2D eigenvalue weighted by Gasteiger charge is -2.17. The molecule has 0 aliphatic heterocycles. The Labute approximate surface area is 98.9 Å². The van der Waals surface area contributed by atoms with Crippen molar-refractivity contribution < 1.29 is 5.21 Å². The van der Waals surface area contributed by atoms with E-state index < -0.39 is 0 Å². The number of benzene rings is 1. The van der Waals surface area contributed by atoms with Gasteiger partial charge in [-0.1, -0.05) is 52.0 Å². The van der Waals surface area contributed by atoms with Gasteiger partial charge >= 0.3 is 0 Å². The van der Waals surface area contributed by atoms with Gasteiger partial charge in [0.25, 0.3) is 0 Å². The number of hydrogen-bond donors (Lipinski definition) is 1. The summed E-state index contributed by atoms with van der Waals surface area (Å²) in [5.41, 5.74) is 2.50. The molecule has 0 bridgehead atoms. The van der Waals surface area contributed by atoms with Crippen molar-refractivity contribution in [3.05, 3.63) is 35.4 Å². The Morgan fingerprint density at radius 1 is 1.06 bits per heavy atom. The lowest BCUT2D eigenvalue weighted by Crippen LogP contribution is -2.23. The van der Waals surface area contributed by atoms with E-state index in [0.717, 1.165) is 5.56 Å². The lowest BCUT2D eigenvalue weighted by molar-refractivity contribution is -0.107. The van der Waals surface area contributed by atoms with Gasteiger partial charge in [-0.3, -0.25) is 0 Å². The third-order valence-electron chi connectivity index (χ3n) is 2.59. The topological polar surface area (TPSA) is 23.5 Å². The zero-order valence-electron chi connectivity index (χ0n) is 10.8. The number of hydrogen-bond acceptors (Lipinski definition) is 2. The molecule has 0 unspecified atom stereocenters. The van der Waals surface area contributed by atoms with Crippen molar-refractivity contribution in [3.63, 3.8) is 0 Å². The van der Waals surface area contributed by atoms with Crippen molar-refractivity contribution >= 4 is 0 Å². The van der Waals surface area contributed by atoms with E-state index in [0.29, 0.717) is 24.9 Å². The minimum atomic E-state index is 0.486. The Balaban J connectivity index is 2.55. The largest absolute Gasteiger partial charge is 0.314 e. The average Bonchev–Trinajstić information content (AvgIpc) is 2.16. The van der Waals surface area contributed by atoms with Gasteiger partial charge < -0.3 is 5.21 Å². The second kappa shape index (κ2) is 6.02. The van der Waals surface area contributed by atoms with Crippen LogP contribution in [0.4, 0.5) is 0 Å². The third-order valence-corrected chi connectivity index (χ3v) is 2.59. The van der Waals surface area contributed by atoms with Crippen molar-refractivity contribution in [1.29, 1.82) is 0 Å². The molecule has 0 saturated carbocycles. The molecule has 0 radical (unpaired) electrons. The van der Waals surface area contributed by atoms with E-state index in [9.17, 15) is 5.21 Å². The molecule has 2 heteroatoms. The standard InChI is InChI=1S/C14H23NO/c1-11(2)9-15(16)10-13-5-7-14(8-6-13)12(3)4/h5-8,11-12,16H,9-10H2,1-4H3. The monoisotopic (exact) mass is 221 g/mol. The molecule has 90 valence electrons. The van der Waals surface area contributed by atoms with Gasteiger partial charge in [0, 0.05) is 13.1 Å². The van der Waals surface area contributed by atoms with Crippen LogP contribution in [0.25, 0.3) is 0 Å². The molecule has 0 atom stereocenters. The maximum absolute atomic E-state index is 9.68. The summed E-state index contributed by atoms with van der Waals surface area (Å²) < 4.78 is 0. The van der Waals surface area contributed by atoms with E-state index in [-0.39, 0.29) is 0 Å². The normalized spacial score (nSPS) is 11.8. The van der Waals surface area contributed by atoms with Crippen LogP contribution >= 0.6 is 0 Å². The Morgan fingerprint density at radius 3 is 2.06 bits per heavy atom. The Hall–Kier alpha value is -0.860. The molecular weight excluding hydrogens is 198 g/mol. The third kappa shape index (κ3) is 4.33. The first-order chi connectivity index (χ1) is 7.49. The predicted octanol–water partition coefficient (Wildman–Crippen LogP) is 3.66. The number of rotatable bonds is 5. The van der Waals surface area contributed by atoms with Crippen LogP contribution in [0.3, 0.4) is 0 Å². The Kier molecular flexibility index (Phi) is 4.97. The molecule has 16 heavy (non-hydrogen) atoms. The maximum Gasteiger partial charge on any atom is 0.0488 e. The van der Waals surface area contributed by atoms with Gasteiger partial charge in [0.1, 0.15) is 0 Å². The second-order valence-electron chi connectivity index (χ2n) is 5.14. The van der Waals surface area contributed by atoms with Gasteiger partial charge in [0.15, 0.2) is 0 Å². The van der Waals surface area contributed by atoms with E-state index in [4.69, 9.17) is 0 Å².